The third-order valence-electron chi connectivity index (χ3n) is 5.25. The molecule has 1 aromatic heterocycles. The Kier molecular flexibility index (Phi) is 6.76. The zero-order chi connectivity index (χ0) is 23.2. The van der Waals surface area contributed by atoms with Crippen molar-refractivity contribution in [2.75, 3.05) is 6.61 Å². The van der Waals surface area contributed by atoms with E-state index in [-0.39, 0.29) is 19.0 Å². The second-order valence-electron chi connectivity index (χ2n) is 7.77. The molecule has 4 aromatic rings. The molecule has 3 aromatic carbocycles. The van der Waals surface area contributed by atoms with Crippen LogP contribution in [0.2, 0.25) is 0 Å². The lowest BCUT2D eigenvalue weighted by molar-refractivity contribution is -0.142. The summed E-state index contributed by atoms with van der Waals surface area (Å²) in [7, 11) is 0. The third-order valence-corrected chi connectivity index (χ3v) is 5.25. The van der Waals surface area contributed by atoms with E-state index in [9.17, 15) is 9.59 Å². The van der Waals surface area contributed by atoms with E-state index in [1.165, 1.54) is 0 Å². The van der Waals surface area contributed by atoms with Crippen LogP contribution in [0, 0.1) is 6.92 Å². The monoisotopic (exact) mass is 440 g/mol. The molecular formula is C27H24N2O4. The summed E-state index contributed by atoms with van der Waals surface area (Å²) in [5, 5.41) is 14.1. The molecule has 0 saturated heterocycles. The van der Waals surface area contributed by atoms with Crippen LogP contribution in [0.5, 0.6) is 0 Å². The minimum atomic E-state index is -0.982. The molecule has 0 bridgehead atoms. The first-order valence-corrected chi connectivity index (χ1v) is 10.6. The van der Waals surface area contributed by atoms with Crippen molar-refractivity contribution in [1.82, 2.24) is 9.78 Å². The Morgan fingerprint density at radius 2 is 1.73 bits per heavy atom. The van der Waals surface area contributed by atoms with Gasteiger partial charge >= 0.3 is 5.97 Å². The largest absolute Gasteiger partial charge is 0.480 e. The molecular weight excluding hydrogens is 416 g/mol. The van der Waals surface area contributed by atoms with Crippen LogP contribution in [0.15, 0.2) is 78.9 Å². The van der Waals surface area contributed by atoms with Crippen LogP contribution in [-0.4, -0.2) is 33.2 Å². The van der Waals surface area contributed by atoms with Gasteiger partial charge in [0.15, 0.2) is 0 Å². The number of aliphatic carboxylic acids is 1. The molecule has 33 heavy (non-hydrogen) atoms. The maximum atomic E-state index is 13.1. The smallest absolute Gasteiger partial charge is 0.329 e. The number of para-hydroxylation sites is 1. The lowest BCUT2D eigenvalue weighted by Crippen LogP contribution is -2.06. The number of carboxylic acid groups (broad SMARTS) is 1. The van der Waals surface area contributed by atoms with Crippen LogP contribution in [0.4, 0.5) is 0 Å². The number of carbonyl (C=O) groups is 2. The van der Waals surface area contributed by atoms with E-state index in [0.29, 0.717) is 17.8 Å². The van der Waals surface area contributed by atoms with Crippen LogP contribution >= 0.6 is 0 Å². The van der Waals surface area contributed by atoms with Gasteiger partial charge in [0.1, 0.15) is 12.3 Å². The highest BCUT2D eigenvalue weighted by Crippen LogP contribution is 2.22. The Bertz CT molecular complexity index is 1300. The predicted molar refractivity (Wildman–Crippen MR) is 127 cm³/mol. The summed E-state index contributed by atoms with van der Waals surface area (Å²) in [6, 6.07) is 23.0. The van der Waals surface area contributed by atoms with Gasteiger partial charge in [-0.1, -0.05) is 84.4 Å². The number of aryl methyl sites for hydroxylation is 1. The topological polar surface area (TPSA) is 81.4 Å². The maximum Gasteiger partial charge on any atom is 0.329 e. The molecule has 1 heterocycles. The third kappa shape index (κ3) is 5.42. The Hall–Kier alpha value is -4.03. The molecule has 6 nitrogen and oxygen atoms in total. The number of nitrogens with zero attached hydrogens (tertiary/aromatic N) is 2. The van der Waals surface area contributed by atoms with Gasteiger partial charge in [-0.15, -0.1) is 0 Å². The molecule has 4 rings (SSSR count). The van der Waals surface area contributed by atoms with Gasteiger partial charge in [-0.05, 0) is 24.1 Å². The number of rotatable bonds is 9. The Morgan fingerprint density at radius 3 is 2.45 bits per heavy atom. The highest BCUT2D eigenvalue weighted by Gasteiger charge is 2.18. The highest BCUT2D eigenvalue weighted by molar-refractivity contribution is 6.14. The van der Waals surface area contributed by atoms with Crippen LogP contribution in [0.25, 0.3) is 17.0 Å². The van der Waals surface area contributed by atoms with E-state index in [1.54, 1.807) is 0 Å². The average Bonchev–Trinajstić information content (AvgIpc) is 3.19. The van der Waals surface area contributed by atoms with Crippen LogP contribution < -0.4 is 0 Å². The zero-order valence-corrected chi connectivity index (χ0v) is 18.3. The van der Waals surface area contributed by atoms with Gasteiger partial charge in [-0.25, -0.2) is 4.79 Å². The fraction of sp³-hybridized carbons (Fsp3) is 0.148. The van der Waals surface area contributed by atoms with Gasteiger partial charge in [-0.2, -0.15) is 5.10 Å². The number of carboxylic acids is 1. The maximum absolute atomic E-state index is 13.1. The Balaban J connectivity index is 1.49. The second kappa shape index (κ2) is 10.1. The predicted octanol–water partition coefficient (Wildman–Crippen LogP) is 4.89. The Morgan fingerprint density at radius 1 is 1.00 bits per heavy atom. The number of fused-ring (bicyclic) bond motifs is 1. The number of hydrogen-bond donors (Lipinski definition) is 1. The van der Waals surface area contributed by atoms with Crippen molar-refractivity contribution in [1.29, 1.82) is 0 Å². The minimum absolute atomic E-state index is 0.0883. The van der Waals surface area contributed by atoms with E-state index < -0.39 is 5.97 Å². The van der Waals surface area contributed by atoms with Crippen LogP contribution in [-0.2, 0) is 22.7 Å². The van der Waals surface area contributed by atoms with E-state index in [4.69, 9.17) is 9.84 Å². The SMILES string of the molecule is Cc1ccc(C(=O)c2nn(C/C=C/c3ccc(COCC(=O)O)cc3)c3ccccc23)cc1. The van der Waals surface area contributed by atoms with E-state index in [1.807, 2.05) is 96.6 Å². The first-order chi connectivity index (χ1) is 16.0. The van der Waals surface area contributed by atoms with Gasteiger partial charge in [0.25, 0.3) is 0 Å². The molecule has 166 valence electrons. The summed E-state index contributed by atoms with van der Waals surface area (Å²) in [5.74, 6) is -1.07. The number of aromatic nitrogens is 2. The first-order valence-electron chi connectivity index (χ1n) is 10.6. The fourth-order valence-corrected chi connectivity index (χ4v) is 3.55. The van der Waals surface area contributed by atoms with Gasteiger partial charge in [0.2, 0.25) is 5.78 Å². The van der Waals surface area contributed by atoms with Crippen LogP contribution in [0.1, 0.15) is 32.7 Å². The number of allylic oxidation sites excluding steroid dienone is 1. The number of carbonyl (C=O) groups excluding carboxylic acids is 1. The summed E-state index contributed by atoms with van der Waals surface area (Å²) in [4.78, 5) is 23.6. The first kappa shape index (κ1) is 22.2. The van der Waals surface area contributed by atoms with Crippen molar-refractivity contribution in [3.8, 4) is 0 Å². The van der Waals surface area contributed by atoms with Gasteiger partial charge in [0.05, 0.1) is 18.7 Å². The van der Waals surface area contributed by atoms with Crippen molar-refractivity contribution in [2.45, 2.75) is 20.1 Å². The average molecular weight is 440 g/mol. The van der Waals surface area contributed by atoms with E-state index >= 15 is 0 Å². The van der Waals surface area contributed by atoms with Gasteiger partial charge in [0, 0.05) is 10.9 Å². The number of benzene rings is 3. The van der Waals surface area contributed by atoms with Crippen LogP contribution in [0.3, 0.4) is 0 Å². The van der Waals surface area contributed by atoms with Crippen molar-refractivity contribution < 1.29 is 19.4 Å². The van der Waals surface area contributed by atoms with Gasteiger partial charge in [-0.3, -0.25) is 9.48 Å². The molecule has 0 spiro atoms. The van der Waals surface area contributed by atoms with Crippen molar-refractivity contribution in [3.05, 3.63) is 107 Å². The van der Waals surface area contributed by atoms with Crippen molar-refractivity contribution in [2.24, 2.45) is 0 Å². The summed E-state index contributed by atoms with van der Waals surface area (Å²) in [6.45, 7) is 2.46. The molecule has 0 aliphatic rings. The summed E-state index contributed by atoms with van der Waals surface area (Å²) < 4.78 is 6.94. The molecule has 0 unspecified atom stereocenters. The van der Waals surface area contributed by atoms with Crippen molar-refractivity contribution in [3.63, 3.8) is 0 Å². The molecule has 0 fully saturated rings. The zero-order valence-electron chi connectivity index (χ0n) is 18.3. The Labute approximate surface area is 191 Å². The number of ketones is 1. The molecule has 0 aliphatic heterocycles. The molecule has 0 aliphatic carbocycles. The molecule has 1 N–H and O–H groups in total. The summed E-state index contributed by atoms with van der Waals surface area (Å²) in [6.07, 6.45) is 3.98. The number of hydrogen-bond acceptors (Lipinski definition) is 4. The fourth-order valence-electron chi connectivity index (χ4n) is 3.55. The molecule has 0 saturated carbocycles. The lowest BCUT2D eigenvalue weighted by atomic mass is 10.0. The van der Waals surface area contributed by atoms with Gasteiger partial charge < -0.3 is 9.84 Å². The lowest BCUT2D eigenvalue weighted by Gasteiger charge is -2.02. The number of ether oxygens (including phenoxy) is 1. The highest BCUT2D eigenvalue weighted by atomic mass is 16.5. The standard InChI is InChI=1S/C27H24N2O4/c1-19-8-14-22(15-9-19)27(32)26-23-6-2-3-7-24(23)29(28-26)16-4-5-20-10-12-21(13-11-20)17-33-18-25(30)31/h2-15H,16-18H2,1H3,(H,30,31)/b5-4+. The normalized spacial score (nSPS) is 11.3. The summed E-state index contributed by atoms with van der Waals surface area (Å²) >= 11 is 0. The van der Waals surface area contributed by atoms with Crippen molar-refractivity contribution >= 4 is 28.7 Å². The van der Waals surface area contributed by atoms with E-state index in [2.05, 4.69) is 5.10 Å². The van der Waals surface area contributed by atoms with E-state index in [0.717, 1.165) is 27.6 Å². The molecule has 0 atom stereocenters. The summed E-state index contributed by atoms with van der Waals surface area (Å²) in [5.41, 5.74) is 5.00. The molecule has 0 radical (unpaired) electrons. The second-order valence-corrected chi connectivity index (χ2v) is 7.77. The molecule has 0 amide bonds. The minimum Gasteiger partial charge on any atom is -0.480 e. The quantitative estimate of drug-likeness (QED) is 0.375. The molecule has 6 heteroatoms.